The highest BCUT2D eigenvalue weighted by molar-refractivity contribution is 7.80. The van der Waals surface area contributed by atoms with Gasteiger partial charge in [-0.25, -0.2) is 0 Å². The molecule has 0 fully saturated rings. The summed E-state index contributed by atoms with van der Waals surface area (Å²) in [7, 11) is 3.45. The monoisotopic (exact) mass is 399 g/mol. The van der Waals surface area contributed by atoms with Gasteiger partial charge in [-0.1, -0.05) is 18.2 Å². The van der Waals surface area contributed by atoms with Crippen molar-refractivity contribution >= 4 is 34.8 Å². The lowest BCUT2D eigenvalue weighted by atomic mass is 10.1. The predicted molar refractivity (Wildman–Crippen MR) is 115 cm³/mol. The average molecular weight is 400 g/mol. The molecule has 2 aromatic carbocycles. The van der Waals surface area contributed by atoms with Crippen LogP contribution >= 0.6 is 12.2 Å². The van der Waals surface area contributed by atoms with E-state index < -0.39 is 0 Å². The van der Waals surface area contributed by atoms with E-state index in [4.69, 9.17) is 17.0 Å². The molecule has 0 heterocycles. The molecule has 2 aromatic rings. The third-order valence-electron chi connectivity index (χ3n) is 3.76. The van der Waals surface area contributed by atoms with Crippen LogP contribution < -0.4 is 15.4 Å². The Morgan fingerprint density at radius 3 is 2.39 bits per heavy atom. The molecule has 148 valence electrons. The van der Waals surface area contributed by atoms with Crippen LogP contribution in [0.2, 0.25) is 0 Å². The van der Waals surface area contributed by atoms with Crippen molar-refractivity contribution < 1.29 is 14.3 Å². The third-order valence-corrected chi connectivity index (χ3v) is 3.97. The molecule has 0 aliphatic heterocycles. The fourth-order valence-corrected chi connectivity index (χ4v) is 2.57. The molecule has 0 radical (unpaired) electrons. The van der Waals surface area contributed by atoms with Gasteiger partial charge in [0.2, 0.25) is 5.91 Å². The lowest BCUT2D eigenvalue weighted by Crippen LogP contribution is -2.34. The molecule has 28 heavy (non-hydrogen) atoms. The van der Waals surface area contributed by atoms with Gasteiger partial charge in [0.15, 0.2) is 5.11 Å². The molecule has 7 heteroatoms. The molecule has 0 unspecified atom stereocenters. The zero-order valence-electron chi connectivity index (χ0n) is 16.5. The van der Waals surface area contributed by atoms with E-state index in [0.29, 0.717) is 17.7 Å². The van der Waals surface area contributed by atoms with E-state index in [-0.39, 0.29) is 23.0 Å². The van der Waals surface area contributed by atoms with Gasteiger partial charge >= 0.3 is 0 Å². The van der Waals surface area contributed by atoms with Gasteiger partial charge < -0.3 is 15.0 Å². The number of benzene rings is 2. The standard InChI is InChI=1S/C21H25N3O3S/c1-14(2)27-18-7-5-6-16(13-18)20(26)23-21(28)22-17-10-8-15(9-11-17)12-19(25)24(3)4/h5-11,13-14H,12H2,1-4H3,(H2,22,23,26,28). The van der Waals surface area contributed by atoms with Crippen molar-refractivity contribution in [3.63, 3.8) is 0 Å². The molecule has 6 nitrogen and oxygen atoms in total. The van der Waals surface area contributed by atoms with E-state index in [9.17, 15) is 9.59 Å². The highest BCUT2D eigenvalue weighted by Crippen LogP contribution is 2.15. The van der Waals surface area contributed by atoms with Gasteiger partial charge in [-0.2, -0.15) is 0 Å². The van der Waals surface area contributed by atoms with Crippen molar-refractivity contribution in [1.29, 1.82) is 0 Å². The molecule has 0 saturated carbocycles. The number of rotatable bonds is 6. The molecule has 0 aliphatic rings. The van der Waals surface area contributed by atoms with Gasteiger partial charge in [0, 0.05) is 25.3 Å². The normalized spacial score (nSPS) is 10.3. The summed E-state index contributed by atoms with van der Waals surface area (Å²) in [5.41, 5.74) is 2.09. The first-order chi connectivity index (χ1) is 13.2. The van der Waals surface area contributed by atoms with Crippen molar-refractivity contribution in [3.05, 3.63) is 59.7 Å². The minimum Gasteiger partial charge on any atom is -0.491 e. The Labute approximate surface area is 170 Å². The highest BCUT2D eigenvalue weighted by Gasteiger charge is 2.10. The molecule has 2 rings (SSSR count). The molecule has 0 bridgehead atoms. The van der Waals surface area contributed by atoms with Crippen molar-refractivity contribution in [2.45, 2.75) is 26.4 Å². The number of likely N-dealkylation sites (N-methyl/N-ethyl adjacent to an activating group) is 1. The summed E-state index contributed by atoms with van der Waals surface area (Å²) in [6, 6.07) is 14.3. The number of anilines is 1. The molecular formula is C21H25N3O3S. The van der Waals surface area contributed by atoms with Crippen LogP contribution in [0.4, 0.5) is 5.69 Å². The van der Waals surface area contributed by atoms with Crippen LogP contribution in [0.1, 0.15) is 29.8 Å². The molecule has 0 spiro atoms. The first kappa shape index (κ1) is 21.4. The highest BCUT2D eigenvalue weighted by atomic mass is 32.1. The zero-order chi connectivity index (χ0) is 20.7. The predicted octanol–water partition coefficient (Wildman–Crippen LogP) is 3.23. The van der Waals surface area contributed by atoms with Crippen LogP contribution in [0.25, 0.3) is 0 Å². The maximum Gasteiger partial charge on any atom is 0.257 e. The van der Waals surface area contributed by atoms with Crippen LogP contribution in [0.3, 0.4) is 0 Å². The molecule has 2 amide bonds. The maximum atomic E-state index is 12.4. The first-order valence-electron chi connectivity index (χ1n) is 8.92. The second-order valence-electron chi connectivity index (χ2n) is 6.76. The number of ether oxygens (including phenoxy) is 1. The fourth-order valence-electron chi connectivity index (χ4n) is 2.36. The zero-order valence-corrected chi connectivity index (χ0v) is 17.3. The largest absolute Gasteiger partial charge is 0.491 e. The fraction of sp³-hybridized carbons (Fsp3) is 0.286. The van der Waals surface area contributed by atoms with Gasteiger partial charge in [-0.3, -0.25) is 14.9 Å². The molecule has 0 saturated heterocycles. The molecule has 0 atom stereocenters. The van der Waals surface area contributed by atoms with Crippen LogP contribution in [0, 0.1) is 0 Å². The van der Waals surface area contributed by atoms with Crippen LogP contribution in [-0.2, 0) is 11.2 Å². The van der Waals surface area contributed by atoms with Gasteiger partial charge in [0.05, 0.1) is 12.5 Å². The second kappa shape index (κ2) is 9.85. The number of nitrogens with one attached hydrogen (secondary N) is 2. The van der Waals surface area contributed by atoms with E-state index in [1.54, 1.807) is 43.3 Å². The Balaban J connectivity index is 1.93. The van der Waals surface area contributed by atoms with Crippen molar-refractivity contribution in [2.24, 2.45) is 0 Å². The van der Waals surface area contributed by atoms with E-state index in [1.807, 2.05) is 38.1 Å². The maximum absolute atomic E-state index is 12.4. The summed E-state index contributed by atoms with van der Waals surface area (Å²) in [5.74, 6) is 0.344. The summed E-state index contributed by atoms with van der Waals surface area (Å²) in [6.07, 6.45) is 0.362. The van der Waals surface area contributed by atoms with Crippen LogP contribution in [-0.4, -0.2) is 42.0 Å². The van der Waals surface area contributed by atoms with E-state index in [2.05, 4.69) is 10.6 Å². The van der Waals surface area contributed by atoms with Gasteiger partial charge in [-0.15, -0.1) is 0 Å². The number of hydrogen-bond donors (Lipinski definition) is 2. The summed E-state index contributed by atoms with van der Waals surface area (Å²) >= 11 is 5.22. The Morgan fingerprint density at radius 2 is 1.79 bits per heavy atom. The lowest BCUT2D eigenvalue weighted by molar-refractivity contribution is -0.127. The second-order valence-corrected chi connectivity index (χ2v) is 7.17. The van der Waals surface area contributed by atoms with Crippen LogP contribution in [0.5, 0.6) is 5.75 Å². The smallest absolute Gasteiger partial charge is 0.257 e. The number of carbonyl (C=O) groups is 2. The topological polar surface area (TPSA) is 70.7 Å². The quantitative estimate of drug-likeness (QED) is 0.730. The van der Waals surface area contributed by atoms with Gasteiger partial charge in [0.1, 0.15) is 5.75 Å². The van der Waals surface area contributed by atoms with E-state index >= 15 is 0 Å². The molecule has 0 aliphatic carbocycles. The Hall–Kier alpha value is -2.93. The molecule has 2 N–H and O–H groups in total. The van der Waals surface area contributed by atoms with E-state index in [0.717, 1.165) is 11.3 Å². The van der Waals surface area contributed by atoms with Crippen molar-refractivity contribution in [1.82, 2.24) is 10.2 Å². The van der Waals surface area contributed by atoms with Gasteiger partial charge in [-0.05, 0) is 62.0 Å². The van der Waals surface area contributed by atoms with E-state index in [1.165, 1.54) is 0 Å². The number of hydrogen-bond acceptors (Lipinski definition) is 4. The summed E-state index contributed by atoms with van der Waals surface area (Å²) in [5, 5.41) is 5.81. The summed E-state index contributed by atoms with van der Waals surface area (Å²) < 4.78 is 5.60. The van der Waals surface area contributed by atoms with Crippen molar-refractivity contribution in [2.75, 3.05) is 19.4 Å². The first-order valence-corrected chi connectivity index (χ1v) is 9.33. The Bertz CT molecular complexity index is 848. The minimum atomic E-state index is -0.320. The van der Waals surface area contributed by atoms with Crippen molar-refractivity contribution in [3.8, 4) is 5.75 Å². The third kappa shape index (κ3) is 6.66. The average Bonchev–Trinajstić information content (AvgIpc) is 2.62. The number of nitrogens with zero attached hydrogens (tertiary/aromatic N) is 1. The number of thiocarbonyl (C=S) groups is 1. The summed E-state index contributed by atoms with van der Waals surface area (Å²) in [6.45, 7) is 3.85. The summed E-state index contributed by atoms with van der Waals surface area (Å²) in [4.78, 5) is 25.7. The SMILES string of the molecule is CC(C)Oc1cccc(C(=O)NC(=S)Nc2ccc(CC(=O)N(C)C)cc2)c1. The number of carbonyl (C=O) groups excluding carboxylic acids is 2. The Kier molecular flexibility index (Phi) is 7.52. The number of amides is 2. The van der Waals surface area contributed by atoms with Gasteiger partial charge in [0.25, 0.3) is 5.91 Å². The van der Waals surface area contributed by atoms with Crippen LogP contribution in [0.15, 0.2) is 48.5 Å². The lowest BCUT2D eigenvalue weighted by Gasteiger charge is -2.13. The molecule has 0 aromatic heterocycles. The minimum absolute atomic E-state index is 0.0250. The molecular weight excluding hydrogens is 374 g/mol. The Morgan fingerprint density at radius 1 is 1.11 bits per heavy atom.